The molecule has 1 rings (SSSR count). The molecule has 3 nitrogen and oxygen atoms in total. The van der Waals surface area contributed by atoms with Crippen molar-refractivity contribution in [1.82, 2.24) is 5.32 Å². The average molecular weight is 265 g/mol. The van der Waals surface area contributed by atoms with Gasteiger partial charge in [0.1, 0.15) is 18.5 Å². The Labute approximate surface area is 117 Å². The quantitative estimate of drug-likeness (QED) is 0.796. The van der Waals surface area contributed by atoms with Crippen LogP contribution < -0.4 is 10.1 Å². The first-order valence-corrected chi connectivity index (χ1v) is 7.01. The molecule has 0 aliphatic carbocycles. The minimum Gasteiger partial charge on any atom is -0.491 e. The van der Waals surface area contributed by atoms with E-state index in [0.29, 0.717) is 25.1 Å². The molecule has 0 saturated heterocycles. The molecule has 0 heterocycles. The lowest BCUT2D eigenvalue weighted by molar-refractivity contribution is 0.102. The number of aliphatic hydroxyl groups is 1. The molecule has 0 aliphatic rings. The fourth-order valence-electron chi connectivity index (χ4n) is 1.76. The Balaban J connectivity index is 2.35. The number of ether oxygens (including phenoxy) is 1. The molecule has 0 fully saturated rings. The number of aliphatic hydroxyl groups excluding tert-OH is 1. The zero-order valence-electron chi connectivity index (χ0n) is 12.7. The molecule has 2 atom stereocenters. The summed E-state index contributed by atoms with van der Waals surface area (Å²) in [6.07, 6.45) is -0.484. The number of nitrogens with one attached hydrogen (secondary N) is 1. The van der Waals surface area contributed by atoms with E-state index >= 15 is 0 Å². The summed E-state index contributed by atoms with van der Waals surface area (Å²) >= 11 is 0. The van der Waals surface area contributed by atoms with Crippen LogP contribution in [0.5, 0.6) is 5.75 Å². The van der Waals surface area contributed by atoms with E-state index in [-0.39, 0.29) is 0 Å². The molecule has 0 aliphatic heterocycles. The van der Waals surface area contributed by atoms with E-state index in [9.17, 15) is 5.11 Å². The molecule has 0 aromatic heterocycles. The smallest absolute Gasteiger partial charge is 0.122 e. The normalized spacial score (nSPS) is 14.5. The van der Waals surface area contributed by atoms with Gasteiger partial charge in [0.25, 0.3) is 0 Å². The van der Waals surface area contributed by atoms with Crippen LogP contribution in [-0.2, 0) is 0 Å². The molecule has 0 unspecified atom stereocenters. The van der Waals surface area contributed by atoms with Crippen molar-refractivity contribution in [3.05, 3.63) is 29.3 Å². The largest absolute Gasteiger partial charge is 0.491 e. The first kappa shape index (κ1) is 16.0. The second-order valence-electron chi connectivity index (χ2n) is 5.67. The second kappa shape index (κ2) is 7.51. The molecule has 2 N–H and O–H groups in total. The third kappa shape index (κ3) is 5.62. The molecule has 0 spiro atoms. The van der Waals surface area contributed by atoms with Gasteiger partial charge in [-0.15, -0.1) is 0 Å². The first-order chi connectivity index (χ1) is 8.90. The Morgan fingerprint density at radius 2 is 1.89 bits per heavy atom. The number of rotatable bonds is 7. The molecule has 19 heavy (non-hydrogen) atoms. The van der Waals surface area contributed by atoms with Crippen LogP contribution in [0.2, 0.25) is 0 Å². The fraction of sp³-hybridized carbons (Fsp3) is 0.625. The zero-order chi connectivity index (χ0) is 14.4. The van der Waals surface area contributed by atoms with E-state index in [1.165, 1.54) is 5.56 Å². The van der Waals surface area contributed by atoms with E-state index in [2.05, 4.69) is 39.1 Å². The lowest BCUT2D eigenvalue weighted by atomic mass is 10.1. The monoisotopic (exact) mass is 265 g/mol. The van der Waals surface area contributed by atoms with Crippen LogP contribution in [0.25, 0.3) is 0 Å². The van der Waals surface area contributed by atoms with Crippen molar-refractivity contribution in [3.63, 3.8) is 0 Å². The fourth-order valence-corrected chi connectivity index (χ4v) is 1.76. The Bertz CT molecular complexity index is 390. The van der Waals surface area contributed by atoms with Crippen molar-refractivity contribution in [2.45, 2.75) is 46.8 Å². The summed E-state index contributed by atoms with van der Waals surface area (Å²) in [7, 11) is 0. The number of benzene rings is 1. The topological polar surface area (TPSA) is 41.5 Å². The van der Waals surface area contributed by atoms with Crippen LogP contribution in [0.4, 0.5) is 0 Å². The van der Waals surface area contributed by atoms with Gasteiger partial charge in [-0.05, 0) is 38.3 Å². The van der Waals surface area contributed by atoms with Crippen molar-refractivity contribution in [2.75, 3.05) is 13.2 Å². The molecule has 108 valence electrons. The van der Waals surface area contributed by atoms with Crippen LogP contribution in [0, 0.1) is 19.8 Å². The third-order valence-electron chi connectivity index (χ3n) is 3.44. The Hall–Kier alpha value is -1.06. The molecular weight excluding hydrogens is 238 g/mol. The molecule has 0 amide bonds. The minimum atomic E-state index is -0.484. The summed E-state index contributed by atoms with van der Waals surface area (Å²) in [6.45, 7) is 11.4. The van der Waals surface area contributed by atoms with Gasteiger partial charge in [-0.25, -0.2) is 0 Å². The Kier molecular flexibility index (Phi) is 6.32. The van der Waals surface area contributed by atoms with Crippen LogP contribution in [0.3, 0.4) is 0 Å². The SMILES string of the molecule is Cc1ccc(OC[C@H](O)CN[C@@H](C)C(C)C)c(C)c1. The van der Waals surface area contributed by atoms with Gasteiger partial charge in [0.05, 0.1) is 0 Å². The van der Waals surface area contributed by atoms with E-state index in [1.54, 1.807) is 0 Å². The van der Waals surface area contributed by atoms with Crippen molar-refractivity contribution in [2.24, 2.45) is 5.92 Å². The highest BCUT2D eigenvalue weighted by atomic mass is 16.5. The van der Waals surface area contributed by atoms with Gasteiger partial charge in [-0.3, -0.25) is 0 Å². The summed E-state index contributed by atoms with van der Waals surface area (Å²) in [6, 6.07) is 6.46. The Morgan fingerprint density at radius 3 is 2.47 bits per heavy atom. The third-order valence-corrected chi connectivity index (χ3v) is 3.44. The predicted octanol–water partition coefficient (Wildman–Crippen LogP) is 2.68. The number of hydrogen-bond donors (Lipinski definition) is 2. The van der Waals surface area contributed by atoms with E-state index in [1.807, 2.05) is 19.1 Å². The molecule has 0 bridgehead atoms. The van der Waals surface area contributed by atoms with Gasteiger partial charge in [0.15, 0.2) is 0 Å². The molecule has 0 saturated carbocycles. The van der Waals surface area contributed by atoms with Crippen molar-refractivity contribution in [3.8, 4) is 5.75 Å². The highest BCUT2D eigenvalue weighted by molar-refractivity contribution is 5.35. The van der Waals surface area contributed by atoms with Gasteiger partial charge in [0.2, 0.25) is 0 Å². The molecular formula is C16H27NO2. The number of aryl methyl sites for hydroxylation is 2. The maximum Gasteiger partial charge on any atom is 0.122 e. The van der Waals surface area contributed by atoms with Gasteiger partial charge in [-0.1, -0.05) is 31.5 Å². The van der Waals surface area contributed by atoms with Gasteiger partial charge in [0, 0.05) is 12.6 Å². The summed E-state index contributed by atoms with van der Waals surface area (Å²) in [5.41, 5.74) is 2.33. The van der Waals surface area contributed by atoms with Crippen LogP contribution in [-0.4, -0.2) is 30.4 Å². The first-order valence-electron chi connectivity index (χ1n) is 7.01. The maximum absolute atomic E-state index is 9.90. The Morgan fingerprint density at radius 1 is 1.21 bits per heavy atom. The van der Waals surface area contributed by atoms with Crippen molar-refractivity contribution < 1.29 is 9.84 Å². The summed E-state index contributed by atoms with van der Waals surface area (Å²) in [5.74, 6) is 1.41. The average Bonchev–Trinajstić information content (AvgIpc) is 2.34. The molecule has 1 aromatic carbocycles. The standard InChI is InChI=1S/C16H27NO2/c1-11(2)14(5)17-9-15(18)10-19-16-7-6-12(3)8-13(16)4/h6-8,11,14-15,17-18H,9-10H2,1-5H3/t14-,15+/m0/s1. The summed E-state index contributed by atoms with van der Waals surface area (Å²) in [5, 5.41) is 13.2. The van der Waals surface area contributed by atoms with E-state index < -0.39 is 6.10 Å². The van der Waals surface area contributed by atoms with E-state index in [4.69, 9.17) is 4.74 Å². The number of hydrogen-bond acceptors (Lipinski definition) is 3. The minimum absolute atomic E-state index is 0.321. The van der Waals surface area contributed by atoms with Crippen molar-refractivity contribution in [1.29, 1.82) is 0 Å². The second-order valence-corrected chi connectivity index (χ2v) is 5.67. The molecule has 3 heteroatoms. The molecule has 0 radical (unpaired) electrons. The summed E-state index contributed by atoms with van der Waals surface area (Å²) in [4.78, 5) is 0. The van der Waals surface area contributed by atoms with Gasteiger partial charge in [-0.2, -0.15) is 0 Å². The van der Waals surface area contributed by atoms with Gasteiger partial charge < -0.3 is 15.2 Å². The van der Waals surface area contributed by atoms with Crippen LogP contribution in [0.15, 0.2) is 18.2 Å². The zero-order valence-corrected chi connectivity index (χ0v) is 12.7. The maximum atomic E-state index is 9.90. The highest BCUT2D eigenvalue weighted by Gasteiger charge is 2.10. The lowest BCUT2D eigenvalue weighted by Crippen LogP contribution is -2.39. The lowest BCUT2D eigenvalue weighted by Gasteiger charge is -2.20. The highest BCUT2D eigenvalue weighted by Crippen LogP contribution is 2.18. The van der Waals surface area contributed by atoms with E-state index in [0.717, 1.165) is 11.3 Å². The van der Waals surface area contributed by atoms with Crippen LogP contribution >= 0.6 is 0 Å². The predicted molar refractivity (Wildman–Crippen MR) is 79.7 cm³/mol. The van der Waals surface area contributed by atoms with Crippen LogP contribution in [0.1, 0.15) is 31.9 Å². The summed E-state index contributed by atoms with van der Waals surface area (Å²) < 4.78 is 5.66. The van der Waals surface area contributed by atoms with Crippen molar-refractivity contribution >= 4 is 0 Å². The van der Waals surface area contributed by atoms with Gasteiger partial charge >= 0.3 is 0 Å². The molecule has 1 aromatic rings.